The molecule has 3 atom stereocenters. The smallest absolute Gasteiger partial charge is 0.141 e. The van der Waals surface area contributed by atoms with Crippen LogP contribution in [0, 0.1) is 17.7 Å². The van der Waals surface area contributed by atoms with Crippen molar-refractivity contribution in [3.05, 3.63) is 29.8 Å². The van der Waals surface area contributed by atoms with E-state index in [1.165, 1.54) is 6.07 Å². The third kappa shape index (κ3) is 5.25. The lowest BCUT2D eigenvalue weighted by molar-refractivity contribution is 0.0878. The molecular weight excluding hydrogens is 243 g/mol. The molecule has 3 nitrogen and oxygen atoms in total. The Balaban J connectivity index is 2.52. The van der Waals surface area contributed by atoms with Crippen LogP contribution in [0.1, 0.15) is 39.0 Å². The lowest BCUT2D eigenvalue weighted by Crippen LogP contribution is -2.31. The molecule has 0 aliphatic heterocycles. The van der Waals surface area contributed by atoms with Gasteiger partial charge in [-0.25, -0.2) is 4.39 Å². The van der Waals surface area contributed by atoms with Crippen LogP contribution in [0.3, 0.4) is 0 Å². The lowest BCUT2D eigenvalue weighted by Gasteiger charge is -2.26. The first-order valence-electron chi connectivity index (χ1n) is 6.92. The molecule has 0 fully saturated rings. The highest BCUT2D eigenvalue weighted by Crippen LogP contribution is 2.21. The summed E-state index contributed by atoms with van der Waals surface area (Å²) < 4.78 is 12.8. The fraction of sp³-hybridized carbons (Fsp3) is 0.667. The van der Waals surface area contributed by atoms with Gasteiger partial charge in [0.1, 0.15) is 5.82 Å². The summed E-state index contributed by atoms with van der Waals surface area (Å²) in [7, 11) is 2.06. The number of aliphatic hydroxyl groups excluding tert-OH is 1. The van der Waals surface area contributed by atoms with E-state index in [4.69, 9.17) is 0 Å². The first-order chi connectivity index (χ1) is 8.93. The second kappa shape index (κ2) is 7.56. The van der Waals surface area contributed by atoms with Gasteiger partial charge in [-0.1, -0.05) is 27.2 Å². The van der Waals surface area contributed by atoms with Crippen LogP contribution in [-0.4, -0.2) is 35.1 Å². The van der Waals surface area contributed by atoms with Crippen molar-refractivity contribution in [2.24, 2.45) is 11.8 Å². The number of halogens is 1. The quantitative estimate of drug-likeness (QED) is 0.826. The average Bonchev–Trinajstić information content (AvgIpc) is 2.38. The van der Waals surface area contributed by atoms with Gasteiger partial charge in [0.25, 0.3) is 0 Å². The van der Waals surface area contributed by atoms with Crippen molar-refractivity contribution in [1.29, 1.82) is 0 Å². The zero-order valence-electron chi connectivity index (χ0n) is 12.3. The van der Waals surface area contributed by atoms with Crippen molar-refractivity contribution < 1.29 is 9.50 Å². The van der Waals surface area contributed by atoms with Crippen molar-refractivity contribution in [2.45, 2.75) is 33.3 Å². The second-order valence-electron chi connectivity index (χ2n) is 5.56. The maximum absolute atomic E-state index is 12.8. The van der Waals surface area contributed by atoms with Crippen LogP contribution in [0.4, 0.5) is 4.39 Å². The molecule has 19 heavy (non-hydrogen) atoms. The van der Waals surface area contributed by atoms with Crippen molar-refractivity contribution in [1.82, 2.24) is 9.88 Å². The molecule has 0 bridgehead atoms. The summed E-state index contributed by atoms with van der Waals surface area (Å²) in [5.74, 6) is 0.336. The Morgan fingerprint density at radius 2 is 2.00 bits per heavy atom. The van der Waals surface area contributed by atoms with E-state index in [0.29, 0.717) is 11.6 Å². The van der Waals surface area contributed by atoms with Gasteiger partial charge in [-0.15, -0.1) is 0 Å². The number of pyridine rings is 1. The molecule has 0 saturated heterocycles. The third-order valence-corrected chi connectivity index (χ3v) is 3.51. The van der Waals surface area contributed by atoms with E-state index >= 15 is 0 Å². The van der Waals surface area contributed by atoms with Crippen LogP contribution in [0.15, 0.2) is 18.3 Å². The maximum Gasteiger partial charge on any atom is 0.141 e. The first-order valence-corrected chi connectivity index (χ1v) is 6.92. The molecule has 0 aromatic carbocycles. The summed E-state index contributed by atoms with van der Waals surface area (Å²) in [5.41, 5.74) is 0.533. The fourth-order valence-corrected chi connectivity index (χ4v) is 2.18. The van der Waals surface area contributed by atoms with Crippen molar-refractivity contribution >= 4 is 0 Å². The Morgan fingerprint density at radius 3 is 2.53 bits per heavy atom. The van der Waals surface area contributed by atoms with E-state index in [0.717, 1.165) is 25.7 Å². The zero-order chi connectivity index (χ0) is 14.4. The van der Waals surface area contributed by atoms with Crippen LogP contribution >= 0.6 is 0 Å². The third-order valence-electron chi connectivity index (χ3n) is 3.51. The lowest BCUT2D eigenvalue weighted by atomic mass is 10.00. The van der Waals surface area contributed by atoms with Gasteiger partial charge < -0.3 is 10.0 Å². The SMILES string of the molecule is CCC(C)CN(C)CC(C)C(O)c1ccc(F)cn1. The summed E-state index contributed by atoms with van der Waals surface area (Å²) >= 11 is 0. The first kappa shape index (κ1) is 16.1. The molecule has 1 heterocycles. The number of hydrogen-bond donors (Lipinski definition) is 1. The van der Waals surface area contributed by atoms with Crippen LogP contribution in [0.2, 0.25) is 0 Å². The van der Waals surface area contributed by atoms with Gasteiger partial charge in [0.05, 0.1) is 18.0 Å². The predicted molar refractivity (Wildman–Crippen MR) is 75.3 cm³/mol. The van der Waals surface area contributed by atoms with Gasteiger partial charge >= 0.3 is 0 Å². The molecule has 1 aromatic rings. The molecule has 0 saturated carbocycles. The van der Waals surface area contributed by atoms with Crippen LogP contribution in [-0.2, 0) is 0 Å². The highest BCUT2D eigenvalue weighted by atomic mass is 19.1. The Morgan fingerprint density at radius 1 is 1.32 bits per heavy atom. The summed E-state index contributed by atoms with van der Waals surface area (Å²) in [6, 6.07) is 2.88. The number of nitrogens with zero attached hydrogens (tertiary/aromatic N) is 2. The van der Waals surface area contributed by atoms with Crippen LogP contribution < -0.4 is 0 Å². The summed E-state index contributed by atoms with van der Waals surface area (Å²) in [6.07, 6.45) is 1.65. The van der Waals surface area contributed by atoms with Crippen LogP contribution in [0.5, 0.6) is 0 Å². The predicted octanol–water partition coefficient (Wildman–Crippen LogP) is 2.87. The number of aromatic nitrogens is 1. The Hall–Kier alpha value is -1.00. The van der Waals surface area contributed by atoms with Gasteiger partial charge in [0, 0.05) is 19.0 Å². The molecule has 0 aliphatic rings. The normalized spacial score (nSPS) is 16.4. The van der Waals surface area contributed by atoms with Gasteiger partial charge in [0.2, 0.25) is 0 Å². The molecule has 0 aliphatic carbocycles. The van der Waals surface area contributed by atoms with Gasteiger partial charge in [-0.2, -0.15) is 0 Å². The number of aliphatic hydroxyl groups is 1. The molecule has 3 unspecified atom stereocenters. The van der Waals surface area contributed by atoms with Gasteiger partial charge in [-0.3, -0.25) is 4.98 Å². The molecule has 4 heteroatoms. The summed E-state index contributed by atoms with van der Waals surface area (Å²) in [6.45, 7) is 8.20. The Bertz CT molecular complexity index is 369. The monoisotopic (exact) mass is 268 g/mol. The second-order valence-corrected chi connectivity index (χ2v) is 5.56. The van der Waals surface area contributed by atoms with Crippen molar-refractivity contribution in [3.8, 4) is 0 Å². The molecule has 1 rings (SSSR count). The summed E-state index contributed by atoms with van der Waals surface area (Å²) in [5, 5.41) is 10.2. The number of hydrogen-bond acceptors (Lipinski definition) is 3. The van der Waals surface area contributed by atoms with Crippen LogP contribution in [0.25, 0.3) is 0 Å². The van der Waals surface area contributed by atoms with E-state index in [9.17, 15) is 9.50 Å². The van der Waals surface area contributed by atoms with Crippen molar-refractivity contribution in [2.75, 3.05) is 20.1 Å². The highest BCUT2D eigenvalue weighted by Gasteiger charge is 2.19. The maximum atomic E-state index is 12.8. The van der Waals surface area contributed by atoms with E-state index in [-0.39, 0.29) is 11.7 Å². The van der Waals surface area contributed by atoms with E-state index in [1.807, 2.05) is 6.92 Å². The standard InChI is InChI=1S/C15H25FN2O/c1-5-11(2)9-18(4)10-12(3)15(19)14-7-6-13(16)8-17-14/h6-8,11-12,15,19H,5,9-10H2,1-4H3. The zero-order valence-corrected chi connectivity index (χ0v) is 12.3. The minimum Gasteiger partial charge on any atom is -0.386 e. The Kier molecular flexibility index (Phi) is 6.38. The fourth-order valence-electron chi connectivity index (χ4n) is 2.18. The minimum absolute atomic E-state index is 0.0621. The average molecular weight is 268 g/mol. The van der Waals surface area contributed by atoms with E-state index in [2.05, 4.69) is 30.8 Å². The molecule has 1 N–H and O–H groups in total. The van der Waals surface area contributed by atoms with Crippen molar-refractivity contribution in [3.63, 3.8) is 0 Å². The van der Waals surface area contributed by atoms with Gasteiger partial charge in [0.15, 0.2) is 0 Å². The van der Waals surface area contributed by atoms with E-state index in [1.54, 1.807) is 6.07 Å². The minimum atomic E-state index is -0.653. The highest BCUT2D eigenvalue weighted by molar-refractivity contribution is 5.08. The molecular formula is C15H25FN2O. The molecule has 1 aromatic heterocycles. The topological polar surface area (TPSA) is 36.4 Å². The summed E-state index contributed by atoms with van der Waals surface area (Å²) in [4.78, 5) is 6.17. The molecule has 108 valence electrons. The number of rotatable bonds is 7. The molecule has 0 radical (unpaired) electrons. The molecule has 0 spiro atoms. The van der Waals surface area contributed by atoms with Gasteiger partial charge in [-0.05, 0) is 25.1 Å². The Labute approximate surface area is 115 Å². The largest absolute Gasteiger partial charge is 0.386 e. The molecule has 0 amide bonds. The van der Waals surface area contributed by atoms with E-state index < -0.39 is 6.10 Å².